The summed E-state index contributed by atoms with van der Waals surface area (Å²) in [6.45, 7) is 8.96. The lowest BCUT2D eigenvalue weighted by molar-refractivity contribution is 0.00623. The highest BCUT2D eigenvalue weighted by atomic mass is 32.1. The van der Waals surface area contributed by atoms with Crippen LogP contribution in [0.1, 0.15) is 54.1 Å². The zero-order valence-corrected chi connectivity index (χ0v) is 12.7. The number of aromatic nitrogens is 1. The van der Waals surface area contributed by atoms with Gasteiger partial charge in [-0.05, 0) is 40.2 Å². The van der Waals surface area contributed by atoms with Gasteiger partial charge in [-0.1, -0.05) is 0 Å². The molecule has 0 aromatic carbocycles. The van der Waals surface area contributed by atoms with Crippen LogP contribution in [0.25, 0.3) is 0 Å². The molecule has 1 aromatic rings. The minimum absolute atomic E-state index is 0.225. The van der Waals surface area contributed by atoms with Gasteiger partial charge in [-0.25, -0.2) is 9.59 Å². The van der Waals surface area contributed by atoms with Crippen LogP contribution in [-0.4, -0.2) is 29.1 Å². The highest BCUT2D eigenvalue weighted by molar-refractivity contribution is 7.80. The summed E-state index contributed by atoms with van der Waals surface area (Å²) in [6, 6.07) is 0. The Morgan fingerprint density at radius 3 is 2.32 bits per heavy atom. The molecule has 0 unspecified atom stereocenters. The van der Waals surface area contributed by atoms with Crippen LogP contribution in [0.4, 0.5) is 0 Å². The molecule has 5 nitrogen and oxygen atoms in total. The Labute approximate surface area is 118 Å². The Hall–Kier alpha value is -1.43. The molecule has 1 heterocycles. The number of aromatic amines is 1. The Kier molecular flexibility index (Phi) is 4.68. The number of carbonyl (C=O) groups excluding carboxylic acids is 2. The Bertz CT molecular complexity index is 499. The van der Waals surface area contributed by atoms with Gasteiger partial charge in [0.15, 0.2) is 0 Å². The quantitative estimate of drug-likeness (QED) is 0.662. The molecule has 0 bridgehead atoms. The first-order chi connectivity index (χ1) is 8.67. The normalized spacial score (nSPS) is 11.3. The third kappa shape index (κ3) is 3.76. The molecule has 0 radical (unpaired) electrons. The number of hydrogen-bond acceptors (Lipinski definition) is 5. The lowest BCUT2D eigenvalue weighted by atomic mass is 10.1. The largest absolute Gasteiger partial charge is 0.462 e. The third-order valence-corrected chi connectivity index (χ3v) is 2.65. The van der Waals surface area contributed by atoms with E-state index in [0.29, 0.717) is 10.6 Å². The van der Waals surface area contributed by atoms with Crippen molar-refractivity contribution in [3.8, 4) is 0 Å². The average Bonchev–Trinajstić information content (AvgIpc) is 2.52. The maximum absolute atomic E-state index is 12.0. The number of carbonyl (C=O) groups is 2. The average molecular weight is 285 g/mol. The number of esters is 2. The number of H-pyrrole nitrogens is 1. The van der Waals surface area contributed by atoms with Crippen molar-refractivity contribution in [3.05, 3.63) is 16.8 Å². The van der Waals surface area contributed by atoms with E-state index in [1.165, 1.54) is 0 Å². The third-order valence-electron chi connectivity index (χ3n) is 2.31. The summed E-state index contributed by atoms with van der Waals surface area (Å²) in [5, 5.41) is 0.303. The molecule has 106 valence electrons. The van der Waals surface area contributed by atoms with Crippen molar-refractivity contribution in [2.75, 3.05) is 6.61 Å². The maximum atomic E-state index is 12.0. The van der Waals surface area contributed by atoms with E-state index in [4.69, 9.17) is 9.47 Å². The van der Waals surface area contributed by atoms with E-state index < -0.39 is 17.5 Å². The van der Waals surface area contributed by atoms with Gasteiger partial charge < -0.3 is 14.5 Å². The molecule has 1 rings (SSSR count). The van der Waals surface area contributed by atoms with Crippen molar-refractivity contribution in [3.63, 3.8) is 0 Å². The number of ether oxygens (including phenoxy) is 2. The van der Waals surface area contributed by atoms with Crippen LogP contribution in [-0.2, 0) is 9.47 Å². The maximum Gasteiger partial charge on any atom is 0.355 e. The number of nitrogens with one attached hydrogen (secondary N) is 1. The van der Waals surface area contributed by atoms with Crippen molar-refractivity contribution in [2.45, 2.75) is 45.2 Å². The highest BCUT2D eigenvalue weighted by Gasteiger charge is 2.26. The van der Waals surface area contributed by atoms with Crippen LogP contribution >= 0.6 is 12.6 Å². The minimum atomic E-state index is -0.602. The molecule has 0 atom stereocenters. The zero-order chi connectivity index (χ0) is 14.8. The van der Waals surface area contributed by atoms with E-state index >= 15 is 0 Å². The van der Waals surface area contributed by atoms with Crippen molar-refractivity contribution < 1.29 is 19.1 Å². The fraction of sp³-hybridized carbons (Fsp3) is 0.538. The van der Waals surface area contributed by atoms with Crippen molar-refractivity contribution in [1.82, 2.24) is 4.98 Å². The lowest BCUT2D eigenvalue weighted by Crippen LogP contribution is -2.24. The van der Waals surface area contributed by atoms with Gasteiger partial charge in [-0.3, -0.25) is 0 Å². The van der Waals surface area contributed by atoms with E-state index in [1.807, 2.05) is 0 Å². The molecule has 0 fully saturated rings. The molecule has 19 heavy (non-hydrogen) atoms. The number of hydrogen-bond donors (Lipinski definition) is 2. The zero-order valence-electron chi connectivity index (χ0n) is 11.8. The summed E-state index contributed by atoms with van der Waals surface area (Å²) in [5.74, 6) is -1.02. The van der Waals surface area contributed by atoms with Crippen LogP contribution in [0.5, 0.6) is 0 Å². The van der Waals surface area contributed by atoms with Gasteiger partial charge in [-0.2, -0.15) is 0 Å². The molecule has 0 aliphatic rings. The van der Waals surface area contributed by atoms with Gasteiger partial charge in [0.2, 0.25) is 0 Å². The molecule has 0 aliphatic heterocycles. The lowest BCUT2D eigenvalue weighted by Gasteiger charge is -2.19. The summed E-state index contributed by atoms with van der Waals surface area (Å²) in [7, 11) is 0. The van der Waals surface area contributed by atoms with E-state index in [0.717, 1.165) is 0 Å². The smallest absolute Gasteiger partial charge is 0.355 e. The second-order valence-electron chi connectivity index (χ2n) is 5.07. The molecule has 0 saturated carbocycles. The first-order valence-corrected chi connectivity index (χ1v) is 6.44. The van der Waals surface area contributed by atoms with Gasteiger partial charge in [0, 0.05) is 0 Å². The van der Waals surface area contributed by atoms with Crippen LogP contribution in [0.3, 0.4) is 0 Å². The van der Waals surface area contributed by atoms with Gasteiger partial charge >= 0.3 is 11.9 Å². The molecule has 0 saturated heterocycles. The van der Waals surface area contributed by atoms with Crippen LogP contribution in [0, 0.1) is 6.92 Å². The predicted octanol–water partition coefficient (Wildman–Crippen LogP) is 2.74. The molecule has 6 heteroatoms. The molecule has 0 amide bonds. The SMILES string of the molecule is CCOC(=O)c1c(S)[nH]c(C(=O)OC(C)(C)C)c1C. The Morgan fingerprint density at radius 2 is 1.84 bits per heavy atom. The topological polar surface area (TPSA) is 68.4 Å². The molecule has 0 aliphatic carbocycles. The Morgan fingerprint density at radius 1 is 1.26 bits per heavy atom. The van der Waals surface area contributed by atoms with E-state index in [1.54, 1.807) is 34.6 Å². The van der Waals surface area contributed by atoms with Crippen molar-refractivity contribution >= 4 is 24.6 Å². The van der Waals surface area contributed by atoms with Gasteiger partial charge in [0.05, 0.1) is 17.2 Å². The van der Waals surface area contributed by atoms with Crippen molar-refractivity contribution in [1.29, 1.82) is 0 Å². The number of thiol groups is 1. The van der Waals surface area contributed by atoms with Crippen LogP contribution < -0.4 is 0 Å². The molecular formula is C13H19NO4S. The Balaban J connectivity index is 3.09. The van der Waals surface area contributed by atoms with Gasteiger partial charge in [0.1, 0.15) is 11.3 Å². The van der Waals surface area contributed by atoms with E-state index in [2.05, 4.69) is 17.6 Å². The summed E-state index contributed by atoms with van der Waals surface area (Å²) in [5.41, 5.74) is 0.377. The second kappa shape index (κ2) is 5.69. The minimum Gasteiger partial charge on any atom is -0.462 e. The summed E-state index contributed by atoms with van der Waals surface area (Å²) < 4.78 is 10.2. The van der Waals surface area contributed by atoms with Gasteiger partial charge in [-0.15, -0.1) is 12.6 Å². The summed E-state index contributed by atoms with van der Waals surface area (Å²) in [4.78, 5) is 26.5. The van der Waals surface area contributed by atoms with Gasteiger partial charge in [0.25, 0.3) is 0 Å². The van der Waals surface area contributed by atoms with Crippen molar-refractivity contribution in [2.24, 2.45) is 0 Å². The van der Waals surface area contributed by atoms with Crippen LogP contribution in [0.2, 0.25) is 0 Å². The summed E-state index contributed by atoms with van der Waals surface area (Å²) in [6.07, 6.45) is 0. The predicted molar refractivity (Wildman–Crippen MR) is 73.9 cm³/mol. The fourth-order valence-electron chi connectivity index (χ4n) is 1.56. The first kappa shape index (κ1) is 15.6. The second-order valence-corrected chi connectivity index (χ2v) is 5.52. The van der Waals surface area contributed by atoms with Crippen LogP contribution in [0.15, 0.2) is 5.03 Å². The summed E-state index contributed by atoms with van der Waals surface area (Å²) >= 11 is 4.16. The standard InChI is InChI=1S/C13H19NO4S/c1-6-17-11(15)8-7(2)9(14-10(8)19)12(16)18-13(3,4)5/h14,19H,6H2,1-5H3. The molecule has 1 aromatic heterocycles. The highest BCUT2D eigenvalue weighted by Crippen LogP contribution is 2.24. The van der Waals surface area contributed by atoms with E-state index in [-0.39, 0.29) is 17.9 Å². The molecule has 1 N–H and O–H groups in total. The molecular weight excluding hydrogens is 266 g/mol. The number of rotatable bonds is 3. The monoisotopic (exact) mass is 285 g/mol. The molecule has 0 spiro atoms. The first-order valence-electron chi connectivity index (χ1n) is 5.99. The van der Waals surface area contributed by atoms with E-state index in [9.17, 15) is 9.59 Å². The fourth-order valence-corrected chi connectivity index (χ4v) is 1.93.